The lowest BCUT2D eigenvalue weighted by Gasteiger charge is -2.22. The fourth-order valence-electron chi connectivity index (χ4n) is 14.6. The summed E-state index contributed by atoms with van der Waals surface area (Å²) in [6.07, 6.45) is 67.7. The van der Waals surface area contributed by atoms with Crippen molar-refractivity contribution in [3.63, 3.8) is 0 Å². The molecule has 3 aliphatic heterocycles. The molecule has 3 saturated heterocycles. The minimum absolute atomic E-state index is 0.0171. The van der Waals surface area contributed by atoms with E-state index in [0.29, 0.717) is 84.6 Å². The first-order valence-electron chi connectivity index (χ1n) is 48.7. The third kappa shape index (κ3) is 78.6. The normalized spacial score (nSPS) is 16.8. The van der Waals surface area contributed by atoms with Gasteiger partial charge in [-0.15, -0.1) is 0 Å². The molecule has 2 N–H and O–H groups in total. The summed E-state index contributed by atoms with van der Waals surface area (Å²) >= 11 is 0. The van der Waals surface area contributed by atoms with Crippen molar-refractivity contribution in [2.45, 2.75) is 476 Å². The van der Waals surface area contributed by atoms with Gasteiger partial charge in [0.25, 0.3) is 0 Å². The van der Waals surface area contributed by atoms with Crippen LogP contribution in [0.2, 0.25) is 0 Å². The van der Waals surface area contributed by atoms with Gasteiger partial charge in [-0.3, -0.25) is 19.2 Å². The lowest BCUT2D eigenvalue weighted by atomic mass is 10.0. The number of carbonyl (C=O) groups is 4. The molecule has 6 atom stereocenters. The van der Waals surface area contributed by atoms with Gasteiger partial charge < -0.3 is 76.9 Å². The maximum absolute atomic E-state index is 12.8. The summed E-state index contributed by atoms with van der Waals surface area (Å²) < 4.78 is 72.5. The predicted octanol–water partition coefficient (Wildman–Crippen LogP) is 22.9. The zero-order valence-electron chi connectivity index (χ0n) is 77.1. The number of nitrogens with zero attached hydrogens (tertiary/aromatic N) is 1. The van der Waals surface area contributed by atoms with Gasteiger partial charge in [0.2, 0.25) is 0 Å². The minimum atomic E-state index is -0.624. The number of ether oxygens (including phenoxy) is 13. The molecular formula is C96H186N2O18. The number of hydrogen-bond donors (Lipinski definition) is 2. The van der Waals surface area contributed by atoms with Crippen LogP contribution in [-0.2, 0) is 80.8 Å². The molecule has 3 rings (SSSR count). The van der Waals surface area contributed by atoms with E-state index >= 15 is 0 Å². The topological polar surface area (TPSA) is 227 Å². The Bertz CT molecular complexity index is 2140. The van der Waals surface area contributed by atoms with E-state index in [1.165, 1.54) is 270 Å². The number of rotatable bonds is 84. The van der Waals surface area contributed by atoms with Crippen molar-refractivity contribution in [1.82, 2.24) is 10.2 Å². The molecule has 3 fully saturated rings. The summed E-state index contributed by atoms with van der Waals surface area (Å²) in [7, 11) is 3.87. The number of aliphatic hydroxyl groups is 1. The maximum Gasteiger partial charge on any atom is 0.306 e. The fourth-order valence-corrected chi connectivity index (χ4v) is 14.6. The van der Waals surface area contributed by atoms with Crippen molar-refractivity contribution in [1.29, 1.82) is 0 Å². The highest BCUT2D eigenvalue weighted by molar-refractivity contribution is 5.71. The van der Waals surface area contributed by atoms with Crippen LogP contribution < -0.4 is 5.32 Å². The molecule has 0 radical (unpaired) electrons. The summed E-state index contributed by atoms with van der Waals surface area (Å²) in [6, 6.07) is 0. The largest absolute Gasteiger partial charge is 0.462 e. The highest BCUT2D eigenvalue weighted by Crippen LogP contribution is 2.25. The van der Waals surface area contributed by atoms with Crippen LogP contribution in [0.15, 0.2) is 0 Å². The number of epoxide rings is 1. The van der Waals surface area contributed by atoms with Gasteiger partial charge in [-0.05, 0) is 86.9 Å². The second-order valence-corrected chi connectivity index (χ2v) is 34.9. The average molecular weight is 1660 g/mol. The number of aliphatic hydroxyl groups excluding tert-OH is 1. The van der Waals surface area contributed by atoms with Gasteiger partial charge in [0.1, 0.15) is 31.5 Å². The van der Waals surface area contributed by atoms with Gasteiger partial charge in [-0.2, -0.15) is 0 Å². The molecule has 0 aliphatic carbocycles. The lowest BCUT2D eigenvalue weighted by molar-refractivity contribution is -0.163. The van der Waals surface area contributed by atoms with E-state index < -0.39 is 29.9 Å². The van der Waals surface area contributed by atoms with Crippen molar-refractivity contribution in [2.24, 2.45) is 0 Å². The minimum Gasteiger partial charge on any atom is -0.462 e. The Kier molecular flexibility index (Phi) is 78.8. The average Bonchev–Trinajstić information content (AvgIpc) is 1.74. The number of nitrogens with one attached hydrogen (secondary N) is 1. The molecule has 3 aliphatic rings. The van der Waals surface area contributed by atoms with E-state index in [1.807, 2.05) is 46.7 Å². The SMILES string of the molecule is CC1(C)OCC(COCC2CO2)O1.CCCCCCCCCCCCCCCC(=O)OCC(COCCCN(C)CC(O)COCC1COC(C)(C)O1)OC(=O)CCCCCCCCCCCCCCC.CCCCCCCCCCCCCCCC(=O)OCC(COCCCNC)OC(=O)CCCCCCCCCCCCCCC. The van der Waals surface area contributed by atoms with Gasteiger partial charge in [-0.25, -0.2) is 0 Å². The van der Waals surface area contributed by atoms with Crippen LogP contribution >= 0.6 is 0 Å². The van der Waals surface area contributed by atoms with E-state index in [1.54, 1.807) is 0 Å². The Labute approximate surface area is 712 Å². The van der Waals surface area contributed by atoms with E-state index in [-0.39, 0.29) is 69.1 Å². The quantitative estimate of drug-likeness (QED) is 0.0250. The molecule has 0 aromatic carbocycles. The zero-order chi connectivity index (χ0) is 84.6. The molecule has 116 heavy (non-hydrogen) atoms. The van der Waals surface area contributed by atoms with Crippen molar-refractivity contribution in [2.75, 3.05) is 120 Å². The molecule has 20 nitrogen and oxygen atoms in total. The molecular weight excluding hydrogens is 1470 g/mol. The second kappa shape index (κ2) is 82.0. The van der Waals surface area contributed by atoms with Crippen LogP contribution in [0, 0.1) is 0 Å². The van der Waals surface area contributed by atoms with Crippen LogP contribution in [0.25, 0.3) is 0 Å². The summed E-state index contributed by atoms with van der Waals surface area (Å²) in [5, 5.41) is 13.5. The summed E-state index contributed by atoms with van der Waals surface area (Å²) in [6.45, 7) is 24.2. The Morgan fingerprint density at radius 2 is 0.647 bits per heavy atom. The summed E-state index contributed by atoms with van der Waals surface area (Å²) in [4.78, 5) is 52.3. The van der Waals surface area contributed by atoms with Crippen molar-refractivity contribution >= 4 is 23.9 Å². The maximum atomic E-state index is 12.8. The van der Waals surface area contributed by atoms with Crippen LogP contribution in [0.1, 0.15) is 428 Å². The highest BCUT2D eigenvalue weighted by Gasteiger charge is 2.34. The molecule has 0 amide bonds. The molecule has 0 aromatic rings. The molecule has 0 saturated carbocycles. The highest BCUT2D eigenvalue weighted by atomic mass is 16.8. The van der Waals surface area contributed by atoms with Crippen LogP contribution in [0.5, 0.6) is 0 Å². The van der Waals surface area contributed by atoms with E-state index in [0.717, 1.165) is 96.7 Å². The fraction of sp³-hybridized carbons (Fsp3) is 0.958. The second-order valence-electron chi connectivity index (χ2n) is 34.9. The third-order valence-corrected chi connectivity index (χ3v) is 21.8. The van der Waals surface area contributed by atoms with Crippen LogP contribution in [0.4, 0.5) is 0 Å². The third-order valence-electron chi connectivity index (χ3n) is 21.8. The van der Waals surface area contributed by atoms with Gasteiger partial charge in [0, 0.05) is 52.0 Å². The number of unbranched alkanes of at least 4 members (excludes halogenated alkanes) is 48. The van der Waals surface area contributed by atoms with Crippen LogP contribution in [-0.4, -0.2) is 202 Å². The van der Waals surface area contributed by atoms with E-state index in [4.69, 9.17) is 61.6 Å². The monoisotopic (exact) mass is 1660 g/mol. The van der Waals surface area contributed by atoms with E-state index in [9.17, 15) is 24.3 Å². The Morgan fingerprint density at radius 3 is 0.940 bits per heavy atom. The number of hydrogen-bond acceptors (Lipinski definition) is 20. The summed E-state index contributed by atoms with van der Waals surface area (Å²) in [5.74, 6) is -1.93. The van der Waals surface area contributed by atoms with Gasteiger partial charge in [0.15, 0.2) is 23.8 Å². The summed E-state index contributed by atoms with van der Waals surface area (Å²) in [5.41, 5.74) is 0. The molecule has 0 spiro atoms. The van der Waals surface area contributed by atoms with Crippen LogP contribution in [0.3, 0.4) is 0 Å². The molecule has 0 aromatic heterocycles. The molecule has 6 unspecified atom stereocenters. The van der Waals surface area contributed by atoms with Crippen molar-refractivity contribution < 1.29 is 85.9 Å². The van der Waals surface area contributed by atoms with Gasteiger partial charge >= 0.3 is 23.9 Å². The molecule has 688 valence electrons. The number of carbonyl (C=O) groups excluding carboxylic acids is 4. The lowest BCUT2D eigenvalue weighted by Crippen LogP contribution is -2.34. The van der Waals surface area contributed by atoms with Gasteiger partial charge in [0.05, 0.1) is 65.6 Å². The standard InChI is InChI=1S/C48H93NO9.C39H77NO5.C9H16O4/c1-6-8-10-12-14-16-18-20-22-24-26-28-30-33-46(51)55-41-44(57-47(52)34-31-29-27-25-23-21-19-17-15-13-11-9-7-2)39-53-36-32-35-49(5)37-43(50)38-54-40-45-42-56-48(3,4)58-45;1-4-6-8-10-12-14-16-18-20-22-24-26-28-31-38(41)44-36-37(35-43-34-30-33-40-3)45-39(42)32-29-27-25-23-21-19-17-15-13-11-9-7-5-2;1-9(2)12-6-8(13-9)4-10-3-7-5-11-7/h43-45,50H,6-42H2,1-5H3;37,40H,4-36H2,1-3H3;7-8H,3-6H2,1-2H3. The predicted molar refractivity (Wildman–Crippen MR) is 472 cm³/mol. The number of esters is 4. The first kappa shape index (κ1) is 111. The first-order chi connectivity index (χ1) is 56.4. The number of likely N-dealkylation sites (N-methyl/N-ethyl adjacent to an activating group) is 1. The van der Waals surface area contributed by atoms with E-state index in [2.05, 4.69) is 33.0 Å². The molecule has 0 bridgehead atoms. The zero-order valence-corrected chi connectivity index (χ0v) is 77.1. The molecule has 20 heteroatoms. The Morgan fingerprint density at radius 1 is 0.362 bits per heavy atom. The first-order valence-corrected chi connectivity index (χ1v) is 48.7. The smallest absolute Gasteiger partial charge is 0.306 e. The van der Waals surface area contributed by atoms with Crippen molar-refractivity contribution in [3.8, 4) is 0 Å². The molecule has 3 heterocycles. The Balaban J connectivity index is 0.00000102. The van der Waals surface area contributed by atoms with Crippen molar-refractivity contribution in [3.05, 3.63) is 0 Å². The Hall–Kier alpha value is -2.60. The van der Waals surface area contributed by atoms with Gasteiger partial charge in [-0.1, -0.05) is 336 Å².